The molecule has 0 radical (unpaired) electrons. The number of hydrogen-bond acceptors (Lipinski definition) is 2. The number of benzene rings is 2. The molecule has 1 atom stereocenters. The van der Waals surface area contributed by atoms with Crippen LogP contribution in [0.3, 0.4) is 0 Å². The van der Waals surface area contributed by atoms with E-state index in [2.05, 4.69) is 0 Å². The first-order valence-electron chi connectivity index (χ1n) is 6.61. The third-order valence-corrected chi connectivity index (χ3v) is 3.42. The quantitative estimate of drug-likeness (QED) is 0.401. The van der Waals surface area contributed by atoms with E-state index in [9.17, 15) is 10.3 Å². The van der Waals surface area contributed by atoms with Gasteiger partial charge in [0.05, 0.1) is 0 Å². The molecule has 0 bridgehead atoms. The molecule has 0 heterocycles. The molecule has 0 aromatic heterocycles. The van der Waals surface area contributed by atoms with Crippen molar-refractivity contribution in [2.75, 3.05) is 0 Å². The maximum atomic E-state index is 12.4. The minimum Gasteiger partial charge on any atom is -0.623 e. The molecule has 104 valence electrons. The highest BCUT2D eigenvalue weighted by molar-refractivity contribution is 5.75. The minimum absolute atomic E-state index is 0.736. The van der Waals surface area contributed by atoms with Gasteiger partial charge in [0, 0.05) is 19.4 Å². The Bertz CT molecular complexity index is 576. The summed E-state index contributed by atoms with van der Waals surface area (Å²) in [6.45, 7) is 3.47. The largest absolute Gasteiger partial charge is 0.623 e. The Hall–Kier alpha value is -2.13. The van der Waals surface area contributed by atoms with Crippen molar-refractivity contribution in [1.82, 2.24) is 0 Å². The maximum absolute atomic E-state index is 12.4. The van der Waals surface area contributed by atoms with Crippen LogP contribution < -0.4 is 0 Å². The number of aliphatic hydroxyl groups is 1. The first-order valence-corrected chi connectivity index (χ1v) is 6.61. The van der Waals surface area contributed by atoms with Crippen LogP contribution in [0.1, 0.15) is 31.1 Å². The summed E-state index contributed by atoms with van der Waals surface area (Å²) >= 11 is 0. The van der Waals surface area contributed by atoms with Gasteiger partial charge < -0.3 is 10.3 Å². The summed E-state index contributed by atoms with van der Waals surface area (Å²) < 4.78 is 0.819. The van der Waals surface area contributed by atoms with Crippen molar-refractivity contribution in [3.8, 4) is 0 Å². The molecule has 1 N–H and O–H groups in total. The second-order valence-electron chi connectivity index (χ2n) is 5.33. The molecule has 0 saturated carbocycles. The number of nitrogens with zero attached hydrogens (tertiary/aromatic N) is 1. The zero-order valence-corrected chi connectivity index (χ0v) is 11.7. The Morgan fingerprint density at radius 1 is 1.00 bits per heavy atom. The molecule has 0 aliphatic carbocycles. The third-order valence-electron chi connectivity index (χ3n) is 3.42. The standard InChI is InChI=1S/C17H19NO2/c1-17(2,16(19)15-11-7-4-8-12-15)18(20)13-14-9-5-3-6-10-14/h3-13,16,19H,1-2H3/b18-13-/t16-/m0/s1. The van der Waals surface area contributed by atoms with Crippen LogP contribution in [0, 0.1) is 5.21 Å². The average Bonchev–Trinajstić information content (AvgIpc) is 2.48. The Labute approximate surface area is 119 Å². The van der Waals surface area contributed by atoms with Crippen LogP contribution in [0.15, 0.2) is 60.7 Å². The van der Waals surface area contributed by atoms with E-state index in [1.54, 1.807) is 13.8 Å². The second-order valence-corrected chi connectivity index (χ2v) is 5.33. The van der Waals surface area contributed by atoms with Crippen molar-refractivity contribution >= 4 is 6.21 Å². The van der Waals surface area contributed by atoms with Crippen LogP contribution in [0.5, 0.6) is 0 Å². The summed E-state index contributed by atoms with van der Waals surface area (Å²) in [5.41, 5.74) is 0.604. The van der Waals surface area contributed by atoms with Crippen LogP contribution in [0.4, 0.5) is 0 Å². The zero-order chi connectivity index (χ0) is 14.6. The lowest BCUT2D eigenvalue weighted by molar-refractivity contribution is -0.551. The van der Waals surface area contributed by atoms with Gasteiger partial charge >= 0.3 is 0 Å². The van der Waals surface area contributed by atoms with Crippen LogP contribution >= 0.6 is 0 Å². The molecule has 0 spiro atoms. The summed E-state index contributed by atoms with van der Waals surface area (Å²) in [5.74, 6) is 0. The molecule has 0 aliphatic heterocycles. The lowest BCUT2D eigenvalue weighted by atomic mass is 9.91. The van der Waals surface area contributed by atoms with E-state index in [1.807, 2.05) is 60.7 Å². The van der Waals surface area contributed by atoms with Gasteiger partial charge in [-0.25, -0.2) is 4.74 Å². The molecular formula is C17H19NO2. The van der Waals surface area contributed by atoms with Crippen molar-refractivity contribution in [2.45, 2.75) is 25.5 Å². The van der Waals surface area contributed by atoms with E-state index >= 15 is 0 Å². The minimum atomic E-state index is -0.947. The van der Waals surface area contributed by atoms with Gasteiger partial charge in [-0.3, -0.25) is 0 Å². The normalized spacial score (nSPS) is 14.1. The molecule has 0 aliphatic rings. The van der Waals surface area contributed by atoms with Gasteiger partial charge in [0.15, 0.2) is 11.8 Å². The zero-order valence-electron chi connectivity index (χ0n) is 11.7. The van der Waals surface area contributed by atoms with Crippen LogP contribution in [0.2, 0.25) is 0 Å². The van der Waals surface area contributed by atoms with Gasteiger partial charge in [0.25, 0.3) is 0 Å². The summed E-state index contributed by atoms with van der Waals surface area (Å²) in [6, 6.07) is 18.6. The van der Waals surface area contributed by atoms with E-state index in [4.69, 9.17) is 0 Å². The first-order chi connectivity index (χ1) is 9.51. The van der Waals surface area contributed by atoms with Crippen LogP contribution in [-0.2, 0) is 0 Å². The first kappa shape index (κ1) is 14.3. The SMILES string of the molecule is CC(C)([C@@H](O)c1ccccc1)/[N+]([O-])=C/c1ccccc1. The van der Waals surface area contributed by atoms with Gasteiger partial charge in [-0.2, -0.15) is 0 Å². The Morgan fingerprint density at radius 2 is 1.50 bits per heavy atom. The van der Waals surface area contributed by atoms with Crippen molar-refractivity contribution in [3.63, 3.8) is 0 Å². The van der Waals surface area contributed by atoms with Crippen molar-refractivity contribution in [2.24, 2.45) is 0 Å². The van der Waals surface area contributed by atoms with Gasteiger partial charge in [-0.15, -0.1) is 0 Å². The van der Waals surface area contributed by atoms with Gasteiger partial charge in [0.1, 0.15) is 6.10 Å². The van der Waals surface area contributed by atoms with Crippen molar-refractivity contribution in [3.05, 3.63) is 77.0 Å². The van der Waals surface area contributed by atoms with Crippen LogP contribution in [-0.4, -0.2) is 21.6 Å². The number of rotatable bonds is 4. The predicted molar refractivity (Wildman–Crippen MR) is 80.7 cm³/mol. The monoisotopic (exact) mass is 269 g/mol. The predicted octanol–water partition coefficient (Wildman–Crippen LogP) is 3.13. The molecule has 20 heavy (non-hydrogen) atoms. The van der Waals surface area contributed by atoms with E-state index in [1.165, 1.54) is 6.21 Å². The van der Waals surface area contributed by atoms with E-state index in [0.29, 0.717) is 0 Å². The van der Waals surface area contributed by atoms with Gasteiger partial charge in [0.2, 0.25) is 0 Å². The van der Waals surface area contributed by atoms with Gasteiger partial charge in [-0.05, 0) is 17.7 Å². The number of hydrogen-bond donors (Lipinski definition) is 1. The lowest BCUT2D eigenvalue weighted by Gasteiger charge is -2.29. The Balaban J connectivity index is 2.28. The van der Waals surface area contributed by atoms with Gasteiger partial charge in [-0.1, -0.05) is 48.5 Å². The van der Waals surface area contributed by atoms with Crippen molar-refractivity contribution < 1.29 is 9.85 Å². The average molecular weight is 269 g/mol. The topological polar surface area (TPSA) is 46.3 Å². The molecule has 3 heteroatoms. The summed E-state index contributed by atoms with van der Waals surface area (Å²) in [4.78, 5) is 0. The molecule has 2 aromatic rings. The smallest absolute Gasteiger partial charge is 0.197 e. The maximum Gasteiger partial charge on any atom is 0.197 e. The van der Waals surface area contributed by atoms with E-state index in [0.717, 1.165) is 15.9 Å². The summed E-state index contributed by atoms with van der Waals surface area (Å²) in [5, 5.41) is 22.8. The molecular weight excluding hydrogens is 250 g/mol. The molecule has 0 amide bonds. The van der Waals surface area contributed by atoms with E-state index < -0.39 is 11.6 Å². The highest BCUT2D eigenvalue weighted by atomic mass is 16.5. The number of aliphatic hydroxyl groups excluding tert-OH is 1. The molecule has 0 unspecified atom stereocenters. The lowest BCUT2D eigenvalue weighted by Crippen LogP contribution is -2.40. The molecule has 2 rings (SSSR count). The summed E-state index contributed by atoms with van der Waals surface area (Å²) in [6.07, 6.45) is 0.646. The molecule has 0 fully saturated rings. The fraction of sp³-hybridized carbons (Fsp3) is 0.235. The highest BCUT2D eigenvalue weighted by Gasteiger charge is 2.36. The third kappa shape index (κ3) is 3.06. The fourth-order valence-corrected chi connectivity index (χ4v) is 2.00. The number of hydroxylamine groups is 1. The second kappa shape index (κ2) is 5.88. The summed E-state index contributed by atoms with van der Waals surface area (Å²) in [7, 11) is 0. The molecule has 2 aromatic carbocycles. The Morgan fingerprint density at radius 3 is 2.05 bits per heavy atom. The van der Waals surface area contributed by atoms with Crippen LogP contribution in [0.25, 0.3) is 0 Å². The molecule has 3 nitrogen and oxygen atoms in total. The van der Waals surface area contributed by atoms with E-state index in [-0.39, 0.29) is 0 Å². The Kier molecular flexibility index (Phi) is 4.20. The highest BCUT2D eigenvalue weighted by Crippen LogP contribution is 2.28. The fourth-order valence-electron chi connectivity index (χ4n) is 2.00. The molecule has 0 saturated heterocycles. The van der Waals surface area contributed by atoms with Crippen molar-refractivity contribution in [1.29, 1.82) is 0 Å².